The highest BCUT2D eigenvalue weighted by Crippen LogP contribution is 2.28. The Balaban J connectivity index is 1.66. The van der Waals surface area contributed by atoms with Crippen LogP contribution in [0.3, 0.4) is 0 Å². The van der Waals surface area contributed by atoms with E-state index in [9.17, 15) is 4.79 Å². The molecule has 0 aliphatic carbocycles. The van der Waals surface area contributed by atoms with Crippen molar-refractivity contribution in [3.05, 3.63) is 65.5 Å². The molecule has 0 fully saturated rings. The second-order valence-electron chi connectivity index (χ2n) is 6.48. The summed E-state index contributed by atoms with van der Waals surface area (Å²) in [6, 6.07) is 16.8. The molecular weight excluding hydrogens is 376 g/mol. The van der Waals surface area contributed by atoms with Crippen LogP contribution in [0.2, 0.25) is 5.02 Å². The van der Waals surface area contributed by atoms with E-state index in [1.807, 2.05) is 34.9 Å². The highest BCUT2D eigenvalue weighted by molar-refractivity contribution is 6.30. The van der Waals surface area contributed by atoms with Crippen molar-refractivity contribution in [3.63, 3.8) is 0 Å². The maximum Gasteiger partial charge on any atom is 0.264 e. The predicted molar refractivity (Wildman–Crippen MR) is 109 cm³/mol. The molecule has 0 bridgehead atoms. The Hall–Kier alpha value is -3.12. The smallest absolute Gasteiger partial charge is 0.264 e. The number of halogens is 1. The molecule has 1 N–H and O–H groups in total. The maximum atomic E-state index is 12.7. The van der Waals surface area contributed by atoms with Gasteiger partial charge in [-0.1, -0.05) is 36.7 Å². The molecule has 0 aliphatic rings. The number of carbonyl (C=O) groups excluding carboxylic acids is 1. The first kappa shape index (κ1) is 18.3. The lowest BCUT2D eigenvalue weighted by atomic mass is 10.2. The number of hydrogen-bond acceptors (Lipinski definition) is 4. The summed E-state index contributed by atoms with van der Waals surface area (Å²) in [4.78, 5) is 12.7. The summed E-state index contributed by atoms with van der Waals surface area (Å²) >= 11 is 5.90. The fraction of sp³-hybridized carbons (Fsp3) is 0.190. The number of benzene rings is 2. The number of nitrogens with zero attached hydrogens (tertiary/aromatic N) is 3. The van der Waals surface area contributed by atoms with E-state index in [4.69, 9.17) is 16.0 Å². The molecule has 0 unspecified atom stereocenters. The standard InChI is InChI=1S/C21H19ClN4O2/c1-2-5-20-24-25-21(28-20)18-12-14-6-3-4-7-17(14)26(18)13-19(27)23-16-10-8-15(22)9-11-16/h3-4,6-12H,2,5,13H2,1H3,(H,23,27). The Bertz CT molecular complexity index is 1120. The van der Waals surface area contributed by atoms with Gasteiger partial charge in [0.05, 0.1) is 0 Å². The van der Waals surface area contributed by atoms with Gasteiger partial charge in [-0.15, -0.1) is 10.2 Å². The average molecular weight is 395 g/mol. The second kappa shape index (κ2) is 7.86. The van der Waals surface area contributed by atoms with E-state index in [2.05, 4.69) is 22.4 Å². The minimum atomic E-state index is -0.154. The van der Waals surface area contributed by atoms with Gasteiger partial charge in [-0.3, -0.25) is 4.79 Å². The molecule has 142 valence electrons. The van der Waals surface area contributed by atoms with Gasteiger partial charge in [0.2, 0.25) is 11.8 Å². The number of rotatable bonds is 6. The predicted octanol–water partition coefficient (Wildman–Crippen LogP) is 4.94. The van der Waals surface area contributed by atoms with Crippen LogP contribution in [0, 0.1) is 0 Å². The van der Waals surface area contributed by atoms with Gasteiger partial charge < -0.3 is 14.3 Å². The van der Waals surface area contributed by atoms with Crippen molar-refractivity contribution in [1.82, 2.24) is 14.8 Å². The zero-order valence-electron chi connectivity index (χ0n) is 15.4. The first-order chi connectivity index (χ1) is 13.6. The van der Waals surface area contributed by atoms with Crippen LogP contribution in [0.4, 0.5) is 5.69 Å². The van der Waals surface area contributed by atoms with Crippen molar-refractivity contribution in [2.75, 3.05) is 5.32 Å². The summed E-state index contributed by atoms with van der Waals surface area (Å²) in [5.74, 6) is 0.858. The minimum absolute atomic E-state index is 0.122. The van der Waals surface area contributed by atoms with Gasteiger partial charge in [-0.25, -0.2) is 0 Å². The molecule has 1 amide bonds. The zero-order chi connectivity index (χ0) is 19.5. The van der Waals surface area contributed by atoms with E-state index in [0.29, 0.717) is 22.5 Å². The van der Waals surface area contributed by atoms with Crippen molar-refractivity contribution in [2.24, 2.45) is 0 Å². The highest BCUT2D eigenvalue weighted by atomic mass is 35.5. The Labute approximate surface area is 167 Å². The first-order valence-corrected chi connectivity index (χ1v) is 9.48. The molecule has 0 aliphatic heterocycles. The number of carbonyl (C=O) groups is 1. The molecule has 0 spiro atoms. The minimum Gasteiger partial charge on any atom is -0.419 e. The average Bonchev–Trinajstić information content (AvgIpc) is 3.29. The van der Waals surface area contributed by atoms with E-state index < -0.39 is 0 Å². The van der Waals surface area contributed by atoms with Crippen LogP contribution in [0.1, 0.15) is 19.2 Å². The molecule has 0 atom stereocenters. The Morgan fingerprint density at radius 1 is 1.14 bits per heavy atom. The topological polar surface area (TPSA) is 73.0 Å². The Kier molecular flexibility index (Phi) is 5.12. The van der Waals surface area contributed by atoms with E-state index >= 15 is 0 Å². The molecule has 7 heteroatoms. The van der Waals surface area contributed by atoms with Gasteiger partial charge in [0, 0.05) is 28.0 Å². The monoisotopic (exact) mass is 394 g/mol. The van der Waals surface area contributed by atoms with Crippen LogP contribution >= 0.6 is 11.6 Å². The van der Waals surface area contributed by atoms with Crippen molar-refractivity contribution in [1.29, 1.82) is 0 Å². The van der Waals surface area contributed by atoms with Crippen LogP contribution in [0.25, 0.3) is 22.5 Å². The molecule has 0 saturated heterocycles. The number of amides is 1. The van der Waals surface area contributed by atoms with Crippen LogP contribution in [-0.2, 0) is 17.8 Å². The second-order valence-corrected chi connectivity index (χ2v) is 6.92. The molecule has 0 radical (unpaired) electrons. The number of para-hydroxylation sites is 1. The van der Waals surface area contributed by atoms with Crippen LogP contribution in [-0.4, -0.2) is 20.7 Å². The van der Waals surface area contributed by atoms with E-state index in [0.717, 1.165) is 29.4 Å². The molecule has 2 aromatic heterocycles. The van der Waals surface area contributed by atoms with Crippen molar-refractivity contribution in [2.45, 2.75) is 26.3 Å². The normalized spacial score (nSPS) is 11.1. The Morgan fingerprint density at radius 3 is 2.71 bits per heavy atom. The summed E-state index contributed by atoms with van der Waals surface area (Å²) in [6.45, 7) is 2.18. The van der Waals surface area contributed by atoms with Crippen molar-refractivity contribution >= 4 is 34.1 Å². The summed E-state index contributed by atoms with van der Waals surface area (Å²) in [6.07, 6.45) is 1.65. The van der Waals surface area contributed by atoms with E-state index in [1.165, 1.54) is 0 Å². The van der Waals surface area contributed by atoms with Gasteiger partial charge in [0.15, 0.2) is 0 Å². The number of aromatic nitrogens is 3. The molecule has 6 nitrogen and oxygen atoms in total. The number of anilines is 1. The molecule has 2 heterocycles. The fourth-order valence-electron chi connectivity index (χ4n) is 3.11. The lowest BCUT2D eigenvalue weighted by Crippen LogP contribution is -2.19. The first-order valence-electron chi connectivity index (χ1n) is 9.10. The molecule has 28 heavy (non-hydrogen) atoms. The van der Waals surface area contributed by atoms with Gasteiger partial charge >= 0.3 is 0 Å². The summed E-state index contributed by atoms with van der Waals surface area (Å²) in [7, 11) is 0. The maximum absolute atomic E-state index is 12.7. The number of nitrogens with one attached hydrogen (secondary N) is 1. The fourth-order valence-corrected chi connectivity index (χ4v) is 3.23. The van der Waals surface area contributed by atoms with Gasteiger partial charge in [-0.2, -0.15) is 0 Å². The van der Waals surface area contributed by atoms with Crippen LogP contribution < -0.4 is 5.32 Å². The Morgan fingerprint density at radius 2 is 1.93 bits per heavy atom. The number of aryl methyl sites for hydroxylation is 1. The van der Waals surface area contributed by atoms with Crippen molar-refractivity contribution < 1.29 is 9.21 Å². The molecule has 4 rings (SSSR count). The number of fused-ring (bicyclic) bond motifs is 1. The SMILES string of the molecule is CCCc1nnc(-c2cc3ccccc3n2CC(=O)Nc2ccc(Cl)cc2)o1. The molecule has 2 aromatic carbocycles. The van der Waals surface area contributed by atoms with E-state index in [1.54, 1.807) is 24.3 Å². The molecule has 4 aromatic rings. The third-order valence-electron chi connectivity index (χ3n) is 4.39. The molecule has 0 saturated carbocycles. The van der Waals surface area contributed by atoms with Gasteiger partial charge in [0.25, 0.3) is 5.89 Å². The number of hydrogen-bond donors (Lipinski definition) is 1. The summed E-state index contributed by atoms with van der Waals surface area (Å²) in [5, 5.41) is 12.8. The third-order valence-corrected chi connectivity index (χ3v) is 4.64. The lowest BCUT2D eigenvalue weighted by Gasteiger charge is -2.10. The van der Waals surface area contributed by atoms with Gasteiger partial charge in [0.1, 0.15) is 12.2 Å². The summed E-state index contributed by atoms with van der Waals surface area (Å²) in [5.41, 5.74) is 2.34. The zero-order valence-corrected chi connectivity index (χ0v) is 16.1. The largest absolute Gasteiger partial charge is 0.419 e. The van der Waals surface area contributed by atoms with Gasteiger partial charge in [-0.05, 0) is 42.8 Å². The highest BCUT2D eigenvalue weighted by Gasteiger charge is 2.18. The quantitative estimate of drug-likeness (QED) is 0.503. The van der Waals surface area contributed by atoms with Crippen LogP contribution in [0.15, 0.2) is 59.0 Å². The van der Waals surface area contributed by atoms with Crippen LogP contribution in [0.5, 0.6) is 0 Å². The lowest BCUT2D eigenvalue weighted by molar-refractivity contribution is -0.116. The van der Waals surface area contributed by atoms with Crippen molar-refractivity contribution in [3.8, 4) is 11.6 Å². The van der Waals surface area contributed by atoms with E-state index in [-0.39, 0.29) is 12.5 Å². The third kappa shape index (κ3) is 3.77. The molecular formula is C21H19ClN4O2. The summed E-state index contributed by atoms with van der Waals surface area (Å²) < 4.78 is 7.70.